The molecule has 0 bridgehead atoms. The lowest BCUT2D eigenvalue weighted by Crippen LogP contribution is -2.03. The number of hydrogen-bond acceptors (Lipinski definition) is 4. The molecule has 13 heavy (non-hydrogen) atoms. The Morgan fingerprint density at radius 2 is 2.23 bits per heavy atom. The van der Waals surface area contributed by atoms with Crippen LogP contribution in [0.4, 0.5) is 0 Å². The predicted octanol–water partition coefficient (Wildman–Crippen LogP) is 0.810. The number of carbonyl (C=O) groups is 1. The van der Waals surface area contributed by atoms with E-state index in [0.29, 0.717) is 0 Å². The van der Waals surface area contributed by atoms with Gasteiger partial charge in [-0.3, -0.25) is 4.79 Å². The third kappa shape index (κ3) is 2.19. The van der Waals surface area contributed by atoms with Gasteiger partial charge in [-0.15, -0.1) is 0 Å². The molecule has 2 N–H and O–H groups in total. The SMILES string of the molecule is CC(=O)Oc1cccc(O)c1CO. The van der Waals surface area contributed by atoms with Crippen LogP contribution in [0.5, 0.6) is 11.5 Å². The van der Waals surface area contributed by atoms with Crippen LogP contribution in [0, 0.1) is 0 Å². The van der Waals surface area contributed by atoms with E-state index >= 15 is 0 Å². The summed E-state index contributed by atoms with van der Waals surface area (Å²) in [5, 5.41) is 18.1. The van der Waals surface area contributed by atoms with E-state index in [9.17, 15) is 9.90 Å². The number of carbonyl (C=O) groups excluding carboxylic acids is 1. The molecule has 4 heteroatoms. The minimum absolute atomic E-state index is 0.0822. The quantitative estimate of drug-likeness (QED) is 0.524. The lowest BCUT2D eigenvalue weighted by atomic mass is 10.2. The van der Waals surface area contributed by atoms with Crippen molar-refractivity contribution in [3.8, 4) is 11.5 Å². The van der Waals surface area contributed by atoms with Gasteiger partial charge >= 0.3 is 5.97 Å². The number of hydrogen-bond donors (Lipinski definition) is 2. The Morgan fingerprint density at radius 1 is 1.54 bits per heavy atom. The number of aliphatic hydroxyl groups is 1. The van der Waals surface area contributed by atoms with E-state index in [1.165, 1.54) is 25.1 Å². The molecule has 4 nitrogen and oxygen atoms in total. The van der Waals surface area contributed by atoms with E-state index in [1.54, 1.807) is 0 Å². The van der Waals surface area contributed by atoms with Crippen molar-refractivity contribution in [2.75, 3.05) is 0 Å². The van der Waals surface area contributed by atoms with Crippen molar-refractivity contribution in [3.05, 3.63) is 23.8 Å². The van der Waals surface area contributed by atoms with Gasteiger partial charge in [0.05, 0.1) is 12.2 Å². The number of aliphatic hydroxyl groups excluding tert-OH is 1. The monoisotopic (exact) mass is 182 g/mol. The Labute approximate surface area is 75.4 Å². The summed E-state index contributed by atoms with van der Waals surface area (Å²) in [6, 6.07) is 4.46. The van der Waals surface area contributed by atoms with Gasteiger partial charge in [0.15, 0.2) is 0 Å². The molecule has 0 aliphatic rings. The Bertz CT molecular complexity index is 319. The summed E-state index contributed by atoms with van der Waals surface area (Å²) in [5.74, 6) is -0.378. The molecule has 1 aromatic rings. The molecule has 0 saturated carbocycles. The maximum absolute atomic E-state index is 10.6. The molecule has 0 aliphatic heterocycles. The second kappa shape index (κ2) is 3.91. The van der Waals surface area contributed by atoms with Crippen molar-refractivity contribution in [3.63, 3.8) is 0 Å². The fraction of sp³-hybridized carbons (Fsp3) is 0.222. The highest BCUT2D eigenvalue weighted by Crippen LogP contribution is 2.27. The van der Waals surface area contributed by atoms with E-state index in [-0.39, 0.29) is 23.7 Å². The minimum Gasteiger partial charge on any atom is -0.507 e. The van der Waals surface area contributed by atoms with Crippen LogP contribution in [0.2, 0.25) is 0 Å². The van der Waals surface area contributed by atoms with Gasteiger partial charge < -0.3 is 14.9 Å². The zero-order chi connectivity index (χ0) is 9.84. The van der Waals surface area contributed by atoms with E-state index < -0.39 is 5.97 Å². The fourth-order valence-electron chi connectivity index (χ4n) is 0.963. The fourth-order valence-corrected chi connectivity index (χ4v) is 0.963. The van der Waals surface area contributed by atoms with Crippen LogP contribution in [-0.4, -0.2) is 16.2 Å². The molecule has 0 atom stereocenters. The first-order valence-corrected chi connectivity index (χ1v) is 3.75. The maximum Gasteiger partial charge on any atom is 0.308 e. The second-order valence-corrected chi connectivity index (χ2v) is 2.51. The van der Waals surface area contributed by atoms with Crippen molar-refractivity contribution in [1.82, 2.24) is 0 Å². The molecule has 0 heterocycles. The van der Waals surface area contributed by atoms with Crippen molar-refractivity contribution >= 4 is 5.97 Å². The van der Waals surface area contributed by atoms with E-state index in [2.05, 4.69) is 0 Å². The number of phenols is 1. The second-order valence-electron chi connectivity index (χ2n) is 2.51. The molecule has 1 aromatic carbocycles. The highest BCUT2D eigenvalue weighted by Gasteiger charge is 2.08. The van der Waals surface area contributed by atoms with E-state index in [1.807, 2.05) is 0 Å². The largest absolute Gasteiger partial charge is 0.507 e. The summed E-state index contributed by atoms with van der Waals surface area (Å²) in [4.78, 5) is 10.6. The number of rotatable bonds is 2. The highest BCUT2D eigenvalue weighted by molar-refractivity contribution is 5.70. The van der Waals surface area contributed by atoms with Gasteiger partial charge in [0.2, 0.25) is 0 Å². The molecule has 0 fully saturated rings. The zero-order valence-electron chi connectivity index (χ0n) is 7.15. The number of esters is 1. The van der Waals surface area contributed by atoms with E-state index in [4.69, 9.17) is 9.84 Å². The summed E-state index contributed by atoms with van der Waals surface area (Å²) in [7, 11) is 0. The van der Waals surface area contributed by atoms with Gasteiger partial charge in [-0.2, -0.15) is 0 Å². The maximum atomic E-state index is 10.6. The van der Waals surface area contributed by atoms with Gasteiger partial charge in [0.25, 0.3) is 0 Å². The molecule has 70 valence electrons. The molecule has 1 rings (SSSR count). The molecule has 0 aliphatic carbocycles. The van der Waals surface area contributed by atoms with Crippen LogP contribution in [0.1, 0.15) is 12.5 Å². The van der Waals surface area contributed by atoms with Gasteiger partial charge in [-0.05, 0) is 12.1 Å². The molecular formula is C9H10O4. The topological polar surface area (TPSA) is 66.8 Å². The smallest absolute Gasteiger partial charge is 0.308 e. The first-order valence-electron chi connectivity index (χ1n) is 3.75. The Kier molecular flexibility index (Phi) is 2.87. The van der Waals surface area contributed by atoms with Crippen LogP contribution >= 0.6 is 0 Å². The van der Waals surface area contributed by atoms with Crippen LogP contribution in [0.15, 0.2) is 18.2 Å². The first-order chi connectivity index (χ1) is 6.15. The Balaban J connectivity index is 3.05. The van der Waals surface area contributed by atoms with Crippen molar-refractivity contribution in [2.24, 2.45) is 0 Å². The average Bonchev–Trinajstić information content (AvgIpc) is 2.03. The Morgan fingerprint density at radius 3 is 2.77 bits per heavy atom. The van der Waals surface area contributed by atoms with Gasteiger partial charge in [-0.1, -0.05) is 6.07 Å². The highest BCUT2D eigenvalue weighted by atomic mass is 16.5. The standard InChI is InChI=1S/C9H10O4/c1-6(11)13-9-4-2-3-8(12)7(9)5-10/h2-4,10,12H,5H2,1H3. The van der Waals surface area contributed by atoms with E-state index in [0.717, 1.165) is 0 Å². The zero-order valence-corrected chi connectivity index (χ0v) is 7.15. The minimum atomic E-state index is -0.486. The predicted molar refractivity (Wildman–Crippen MR) is 45.3 cm³/mol. The summed E-state index contributed by atoms with van der Waals surface area (Å²) in [6.07, 6.45) is 0. The first kappa shape index (κ1) is 9.54. The molecular weight excluding hydrogens is 172 g/mol. The summed E-state index contributed by atoms with van der Waals surface area (Å²) >= 11 is 0. The molecule has 0 saturated heterocycles. The van der Waals surface area contributed by atoms with Gasteiger partial charge in [0, 0.05) is 6.92 Å². The normalized spacial score (nSPS) is 9.69. The molecule has 0 radical (unpaired) electrons. The third-order valence-corrected chi connectivity index (χ3v) is 1.52. The molecule has 0 spiro atoms. The van der Waals surface area contributed by atoms with Crippen LogP contribution < -0.4 is 4.74 Å². The molecule has 0 amide bonds. The lowest BCUT2D eigenvalue weighted by Gasteiger charge is -2.07. The van der Waals surface area contributed by atoms with Crippen molar-refractivity contribution < 1.29 is 19.7 Å². The van der Waals surface area contributed by atoms with Crippen LogP contribution in [0.3, 0.4) is 0 Å². The number of aromatic hydroxyl groups is 1. The Hall–Kier alpha value is -1.55. The number of benzene rings is 1. The molecule has 0 unspecified atom stereocenters. The van der Waals surface area contributed by atoms with Crippen LogP contribution in [-0.2, 0) is 11.4 Å². The van der Waals surface area contributed by atoms with Gasteiger partial charge in [0.1, 0.15) is 11.5 Å². The van der Waals surface area contributed by atoms with Crippen molar-refractivity contribution in [2.45, 2.75) is 13.5 Å². The molecule has 0 aromatic heterocycles. The lowest BCUT2D eigenvalue weighted by molar-refractivity contribution is -0.131. The average molecular weight is 182 g/mol. The van der Waals surface area contributed by atoms with Gasteiger partial charge in [-0.25, -0.2) is 0 Å². The summed E-state index contributed by atoms with van der Waals surface area (Å²) < 4.78 is 4.76. The third-order valence-electron chi connectivity index (χ3n) is 1.52. The van der Waals surface area contributed by atoms with Crippen LogP contribution in [0.25, 0.3) is 0 Å². The summed E-state index contributed by atoms with van der Waals surface area (Å²) in [6.45, 7) is 0.889. The summed E-state index contributed by atoms with van der Waals surface area (Å²) in [5.41, 5.74) is 0.220. The van der Waals surface area contributed by atoms with Crippen molar-refractivity contribution in [1.29, 1.82) is 0 Å². The number of ether oxygens (including phenoxy) is 1.